The van der Waals surface area contributed by atoms with E-state index in [4.69, 9.17) is 23.2 Å². The molecule has 1 amide bonds. The quantitative estimate of drug-likeness (QED) is 0.576. The molecule has 0 N–H and O–H groups in total. The minimum atomic E-state index is -0.438. The predicted molar refractivity (Wildman–Crippen MR) is 58.8 cm³/mol. The summed E-state index contributed by atoms with van der Waals surface area (Å²) in [5.74, 6) is 0. The van der Waals surface area contributed by atoms with Crippen molar-refractivity contribution < 1.29 is 4.79 Å². The van der Waals surface area contributed by atoms with Crippen LogP contribution in [0.25, 0.3) is 0 Å². The van der Waals surface area contributed by atoms with Crippen LogP contribution in [0.1, 0.15) is 12.5 Å². The number of carbonyl (C=O) groups is 1. The molecule has 0 aromatic heterocycles. The normalized spacial score (nSPS) is 9.93. The number of hydrogen-bond acceptors (Lipinski definition) is 1. The third-order valence-corrected chi connectivity index (χ3v) is 2.37. The topological polar surface area (TPSA) is 20.3 Å². The smallest absolute Gasteiger partial charge is 0.316 e. The fourth-order valence-electron chi connectivity index (χ4n) is 1.15. The second kappa shape index (κ2) is 5.23. The van der Waals surface area contributed by atoms with Gasteiger partial charge in [0.15, 0.2) is 0 Å². The highest BCUT2D eigenvalue weighted by atomic mass is 35.5. The van der Waals surface area contributed by atoms with Gasteiger partial charge in [-0.15, -0.1) is 0 Å². The van der Waals surface area contributed by atoms with Gasteiger partial charge < -0.3 is 4.90 Å². The molecule has 1 rings (SSSR count). The van der Waals surface area contributed by atoms with Crippen molar-refractivity contribution >= 4 is 28.6 Å². The third kappa shape index (κ3) is 3.20. The van der Waals surface area contributed by atoms with Crippen molar-refractivity contribution in [2.75, 3.05) is 6.54 Å². The maximum Gasteiger partial charge on any atom is 0.316 e. The van der Waals surface area contributed by atoms with Crippen molar-refractivity contribution in [2.45, 2.75) is 13.5 Å². The average Bonchev–Trinajstić information content (AvgIpc) is 2.14. The van der Waals surface area contributed by atoms with Crippen molar-refractivity contribution in [1.82, 2.24) is 4.90 Å². The Morgan fingerprint density at radius 2 is 2.21 bits per heavy atom. The first-order valence-corrected chi connectivity index (χ1v) is 5.08. The summed E-state index contributed by atoms with van der Waals surface area (Å²) in [5, 5.41) is 0.230. The first kappa shape index (κ1) is 11.3. The summed E-state index contributed by atoms with van der Waals surface area (Å²) in [6, 6.07) is 7.38. The van der Waals surface area contributed by atoms with Gasteiger partial charge in [0.2, 0.25) is 0 Å². The zero-order chi connectivity index (χ0) is 10.6. The van der Waals surface area contributed by atoms with E-state index >= 15 is 0 Å². The molecule has 1 aromatic rings. The molecule has 0 heterocycles. The van der Waals surface area contributed by atoms with Gasteiger partial charge in [-0.1, -0.05) is 23.7 Å². The number of rotatable bonds is 3. The predicted octanol–water partition coefficient (Wildman–Crippen LogP) is 3.52. The summed E-state index contributed by atoms with van der Waals surface area (Å²) in [6.07, 6.45) is 0. The Balaban J connectivity index is 2.72. The Morgan fingerprint density at radius 3 is 2.71 bits per heavy atom. The summed E-state index contributed by atoms with van der Waals surface area (Å²) in [4.78, 5) is 12.5. The molecule has 0 aliphatic carbocycles. The minimum absolute atomic E-state index is 0.438. The van der Waals surface area contributed by atoms with Gasteiger partial charge in [0.25, 0.3) is 0 Å². The molecule has 0 radical (unpaired) electrons. The Kier molecular flexibility index (Phi) is 4.23. The summed E-state index contributed by atoms with van der Waals surface area (Å²) in [5.41, 5.74) is 0.980. The van der Waals surface area contributed by atoms with Crippen LogP contribution < -0.4 is 0 Å². The van der Waals surface area contributed by atoms with Crippen molar-refractivity contribution in [2.24, 2.45) is 0 Å². The molecule has 76 valence electrons. The maximum absolute atomic E-state index is 10.9. The van der Waals surface area contributed by atoms with E-state index in [-0.39, 0.29) is 0 Å². The molecule has 14 heavy (non-hydrogen) atoms. The van der Waals surface area contributed by atoms with Gasteiger partial charge in [-0.3, -0.25) is 4.79 Å². The van der Waals surface area contributed by atoms with Gasteiger partial charge in [-0.2, -0.15) is 0 Å². The van der Waals surface area contributed by atoms with E-state index in [2.05, 4.69) is 0 Å². The lowest BCUT2D eigenvalue weighted by atomic mass is 10.2. The van der Waals surface area contributed by atoms with Crippen LogP contribution in [-0.2, 0) is 6.54 Å². The first-order valence-electron chi connectivity index (χ1n) is 4.32. The fraction of sp³-hybridized carbons (Fsp3) is 0.300. The molecule has 0 fully saturated rings. The average molecular weight is 232 g/mol. The molecule has 0 atom stereocenters. The Labute approximate surface area is 93.4 Å². The Bertz CT molecular complexity index is 328. The number of hydrogen-bond donors (Lipinski definition) is 0. The molecule has 0 unspecified atom stereocenters. The highest BCUT2D eigenvalue weighted by Crippen LogP contribution is 2.13. The van der Waals surface area contributed by atoms with Crippen LogP contribution in [0.5, 0.6) is 0 Å². The Morgan fingerprint density at radius 1 is 1.50 bits per heavy atom. The second-order valence-corrected chi connectivity index (χ2v) is 3.66. The molecule has 4 heteroatoms. The van der Waals surface area contributed by atoms with Gasteiger partial charge in [0.05, 0.1) is 0 Å². The minimum Gasteiger partial charge on any atom is -0.325 e. The number of benzene rings is 1. The van der Waals surface area contributed by atoms with E-state index in [1.54, 1.807) is 6.07 Å². The Hall–Kier alpha value is -0.730. The van der Waals surface area contributed by atoms with Crippen molar-refractivity contribution in [3.8, 4) is 0 Å². The van der Waals surface area contributed by atoms with Crippen LogP contribution in [-0.4, -0.2) is 16.8 Å². The van der Waals surface area contributed by atoms with E-state index in [1.807, 2.05) is 25.1 Å². The summed E-state index contributed by atoms with van der Waals surface area (Å²) < 4.78 is 0. The monoisotopic (exact) mass is 231 g/mol. The van der Waals surface area contributed by atoms with E-state index in [0.717, 1.165) is 5.56 Å². The van der Waals surface area contributed by atoms with E-state index < -0.39 is 5.37 Å². The highest BCUT2D eigenvalue weighted by molar-refractivity contribution is 6.62. The molecular weight excluding hydrogens is 221 g/mol. The van der Waals surface area contributed by atoms with Gasteiger partial charge in [-0.05, 0) is 36.2 Å². The lowest BCUT2D eigenvalue weighted by molar-refractivity contribution is 0.222. The van der Waals surface area contributed by atoms with Crippen LogP contribution in [0.4, 0.5) is 4.79 Å². The lowest BCUT2D eigenvalue weighted by Gasteiger charge is -2.17. The SMILES string of the molecule is CCN(Cc1cccc(Cl)c1)C(=O)Cl. The van der Waals surface area contributed by atoms with Crippen LogP contribution in [0.2, 0.25) is 5.02 Å². The summed E-state index contributed by atoms with van der Waals surface area (Å²) in [7, 11) is 0. The maximum atomic E-state index is 10.9. The van der Waals surface area contributed by atoms with E-state index in [9.17, 15) is 4.79 Å². The van der Waals surface area contributed by atoms with Gasteiger partial charge >= 0.3 is 5.37 Å². The van der Waals surface area contributed by atoms with Crippen LogP contribution >= 0.6 is 23.2 Å². The van der Waals surface area contributed by atoms with Gasteiger partial charge in [0.1, 0.15) is 0 Å². The standard InChI is InChI=1S/C10H11Cl2NO/c1-2-13(10(12)14)7-8-4-3-5-9(11)6-8/h3-6H,2,7H2,1H3. The second-order valence-electron chi connectivity index (χ2n) is 2.90. The molecule has 0 saturated heterocycles. The largest absolute Gasteiger partial charge is 0.325 e. The van der Waals surface area contributed by atoms with E-state index in [1.165, 1.54) is 4.90 Å². The molecule has 0 bridgehead atoms. The molecule has 0 saturated carbocycles. The third-order valence-electron chi connectivity index (χ3n) is 1.89. The zero-order valence-electron chi connectivity index (χ0n) is 7.84. The molecule has 0 aliphatic heterocycles. The van der Waals surface area contributed by atoms with Gasteiger partial charge in [0, 0.05) is 18.1 Å². The molecule has 2 nitrogen and oxygen atoms in total. The summed E-state index contributed by atoms with van der Waals surface area (Å²) in [6.45, 7) is 2.97. The molecule has 1 aromatic carbocycles. The van der Waals surface area contributed by atoms with Crippen LogP contribution in [0.15, 0.2) is 24.3 Å². The van der Waals surface area contributed by atoms with Crippen LogP contribution in [0.3, 0.4) is 0 Å². The molecule has 0 spiro atoms. The van der Waals surface area contributed by atoms with Crippen LogP contribution in [0, 0.1) is 0 Å². The van der Waals surface area contributed by atoms with Gasteiger partial charge in [-0.25, -0.2) is 0 Å². The summed E-state index contributed by atoms with van der Waals surface area (Å²) >= 11 is 11.2. The zero-order valence-corrected chi connectivity index (χ0v) is 9.35. The van der Waals surface area contributed by atoms with Crippen molar-refractivity contribution in [3.63, 3.8) is 0 Å². The number of carbonyl (C=O) groups excluding carboxylic acids is 1. The van der Waals surface area contributed by atoms with E-state index in [0.29, 0.717) is 18.1 Å². The first-order chi connectivity index (χ1) is 6.63. The molecular formula is C10H11Cl2NO. The fourth-order valence-corrected chi connectivity index (χ4v) is 1.55. The van der Waals surface area contributed by atoms with Crippen molar-refractivity contribution in [1.29, 1.82) is 0 Å². The lowest BCUT2D eigenvalue weighted by Crippen LogP contribution is -2.25. The number of nitrogens with zero attached hydrogens (tertiary/aromatic N) is 1. The number of halogens is 2. The highest BCUT2D eigenvalue weighted by Gasteiger charge is 2.08. The van der Waals surface area contributed by atoms with Crippen molar-refractivity contribution in [3.05, 3.63) is 34.9 Å². The number of amides is 1. The molecule has 0 aliphatic rings.